The van der Waals surface area contributed by atoms with E-state index in [1.807, 2.05) is 0 Å². The Labute approximate surface area is 167 Å². The van der Waals surface area contributed by atoms with Gasteiger partial charge in [0.05, 0.1) is 12.5 Å². The molecule has 1 amide bonds. The Hall–Kier alpha value is -1.50. The molecule has 0 aromatic heterocycles. The molecule has 0 saturated carbocycles. The molecule has 1 N–H and O–H groups in total. The van der Waals surface area contributed by atoms with Crippen molar-refractivity contribution in [1.82, 2.24) is 9.80 Å². The van der Waals surface area contributed by atoms with E-state index in [-0.39, 0.29) is 17.6 Å². The zero-order chi connectivity index (χ0) is 19.5. The Kier molecular flexibility index (Phi) is 6.28. The van der Waals surface area contributed by atoms with Crippen LogP contribution in [0.4, 0.5) is 10.1 Å². The zero-order valence-corrected chi connectivity index (χ0v) is 16.8. The van der Waals surface area contributed by atoms with Crippen molar-refractivity contribution in [2.75, 3.05) is 51.8 Å². The van der Waals surface area contributed by atoms with Gasteiger partial charge in [-0.25, -0.2) is 4.39 Å². The normalized spacial score (nSPS) is 30.0. The molecule has 3 fully saturated rings. The SMILES string of the molecule is CN1C[C@H](C(=O)Nc2ccc(F)cc2)C[C@H]1C1CCN(C[C@@H]2CCOC2)CC1. The van der Waals surface area contributed by atoms with E-state index in [2.05, 4.69) is 22.2 Å². The van der Waals surface area contributed by atoms with Gasteiger partial charge in [0.15, 0.2) is 0 Å². The summed E-state index contributed by atoms with van der Waals surface area (Å²) in [5.74, 6) is 1.16. The Morgan fingerprint density at radius 3 is 2.64 bits per heavy atom. The molecule has 3 saturated heterocycles. The fraction of sp³-hybridized carbons (Fsp3) is 0.682. The highest BCUT2D eigenvalue weighted by atomic mass is 19.1. The molecule has 6 heteroatoms. The summed E-state index contributed by atoms with van der Waals surface area (Å²) < 4.78 is 18.6. The number of nitrogens with one attached hydrogen (secondary N) is 1. The van der Waals surface area contributed by atoms with Crippen LogP contribution < -0.4 is 5.32 Å². The van der Waals surface area contributed by atoms with E-state index in [0.717, 1.165) is 39.3 Å². The van der Waals surface area contributed by atoms with Crippen molar-refractivity contribution in [2.45, 2.75) is 31.7 Å². The third-order valence-electron chi connectivity index (χ3n) is 6.80. The number of ether oxygens (including phenoxy) is 1. The third kappa shape index (κ3) is 4.73. The van der Waals surface area contributed by atoms with Crippen LogP contribution in [0.5, 0.6) is 0 Å². The molecular weight excluding hydrogens is 357 g/mol. The zero-order valence-electron chi connectivity index (χ0n) is 16.8. The number of piperidine rings is 1. The molecule has 3 atom stereocenters. The molecule has 1 aromatic carbocycles. The molecule has 0 unspecified atom stereocenters. The van der Waals surface area contributed by atoms with Crippen LogP contribution in [0.25, 0.3) is 0 Å². The van der Waals surface area contributed by atoms with Gasteiger partial charge in [-0.1, -0.05) is 0 Å². The maximum atomic E-state index is 13.0. The van der Waals surface area contributed by atoms with Gasteiger partial charge < -0.3 is 19.9 Å². The van der Waals surface area contributed by atoms with Gasteiger partial charge in [0, 0.05) is 31.4 Å². The van der Waals surface area contributed by atoms with Gasteiger partial charge >= 0.3 is 0 Å². The van der Waals surface area contributed by atoms with Crippen LogP contribution in [0.2, 0.25) is 0 Å². The summed E-state index contributed by atoms with van der Waals surface area (Å²) in [6, 6.07) is 6.49. The largest absolute Gasteiger partial charge is 0.381 e. The minimum Gasteiger partial charge on any atom is -0.381 e. The minimum atomic E-state index is -0.287. The fourth-order valence-corrected chi connectivity index (χ4v) is 5.16. The topological polar surface area (TPSA) is 44.8 Å². The number of rotatable bonds is 5. The average Bonchev–Trinajstić information content (AvgIpc) is 3.34. The van der Waals surface area contributed by atoms with Gasteiger partial charge in [0.1, 0.15) is 5.82 Å². The third-order valence-corrected chi connectivity index (χ3v) is 6.80. The smallest absolute Gasteiger partial charge is 0.228 e. The molecule has 3 aliphatic heterocycles. The highest BCUT2D eigenvalue weighted by Crippen LogP contribution is 2.33. The summed E-state index contributed by atoms with van der Waals surface area (Å²) in [6.07, 6.45) is 4.56. The molecule has 5 nitrogen and oxygen atoms in total. The second-order valence-electron chi connectivity index (χ2n) is 8.80. The molecule has 0 radical (unpaired) electrons. The molecule has 28 heavy (non-hydrogen) atoms. The number of likely N-dealkylation sites (tertiary alicyclic amines) is 2. The van der Waals surface area contributed by atoms with E-state index in [4.69, 9.17) is 4.74 Å². The van der Waals surface area contributed by atoms with Gasteiger partial charge in [-0.05, 0) is 81.9 Å². The quantitative estimate of drug-likeness (QED) is 0.841. The molecule has 154 valence electrons. The first kappa shape index (κ1) is 19.8. The maximum Gasteiger partial charge on any atom is 0.228 e. The summed E-state index contributed by atoms with van der Waals surface area (Å²) in [5.41, 5.74) is 0.668. The number of halogens is 1. The van der Waals surface area contributed by atoms with Gasteiger partial charge in [0.2, 0.25) is 5.91 Å². The summed E-state index contributed by atoms with van der Waals surface area (Å²) in [5, 5.41) is 2.95. The number of nitrogens with zero attached hydrogens (tertiary/aromatic N) is 2. The van der Waals surface area contributed by atoms with Crippen molar-refractivity contribution in [3.05, 3.63) is 30.1 Å². The lowest BCUT2D eigenvalue weighted by atomic mass is 9.86. The van der Waals surface area contributed by atoms with Gasteiger partial charge in [-0.3, -0.25) is 4.79 Å². The van der Waals surface area contributed by atoms with E-state index in [1.165, 1.54) is 37.9 Å². The Bertz CT molecular complexity index is 654. The van der Waals surface area contributed by atoms with E-state index < -0.39 is 0 Å². The van der Waals surface area contributed by atoms with Crippen molar-refractivity contribution < 1.29 is 13.9 Å². The van der Waals surface area contributed by atoms with Crippen molar-refractivity contribution in [2.24, 2.45) is 17.8 Å². The number of benzene rings is 1. The number of carbonyl (C=O) groups is 1. The molecule has 0 aliphatic carbocycles. The second-order valence-corrected chi connectivity index (χ2v) is 8.80. The molecule has 3 heterocycles. The van der Waals surface area contributed by atoms with Crippen LogP contribution in [0.3, 0.4) is 0 Å². The monoisotopic (exact) mass is 389 g/mol. The van der Waals surface area contributed by atoms with Crippen LogP contribution in [-0.4, -0.2) is 68.2 Å². The van der Waals surface area contributed by atoms with Crippen LogP contribution in [0.1, 0.15) is 25.7 Å². The molecular formula is C22H32FN3O2. The molecule has 0 spiro atoms. The Balaban J connectivity index is 1.25. The van der Waals surface area contributed by atoms with Crippen LogP contribution in [0, 0.1) is 23.6 Å². The highest BCUT2D eigenvalue weighted by Gasteiger charge is 2.39. The molecule has 4 rings (SSSR count). The van der Waals surface area contributed by atoms with Crippen LogP contribution in [0.15, 0.2) is 24.3 Å². The summed E-state index contributed by atoms with van der Waals surface area (Å²) in [7, 11) is 2.15. The number of anilines is 1. The minimum absolute atomic E-state index is 0.00807. The van der Waals surface area contributed by atoms with E-state index in [9.17, 15) is 9.18 Å². The predicted molar refractivity (Wildman–Crippen MR) is 108 cm³/mol. The number of amides is 1. The standard InChI is InChI=1S/C22H32FN3O2/c1-25-14-18(22(27)24-20-4-2-19(23)3-5-20)12-21(25)17-6-9-26(10-7-17)13-16-8-11-28-15-16/h2-5,16-18,21H,6-15H2,1H3,(H,24,27)/t16-,18+,21-/m0/s1. The summed E-state index contributed by atoms with van der Waals surface area (Å²) in [4.78, 5) is 17.6. The van der Waals surface area contributed by atoms with E-state index in [0.29, 0.717) is 23.6 Å². The number of hydrogen-bond acceptors (Lipinski definition) is 4. The predicted octanol–water partition coefficient (Wildman–Crippen LogP) is 2.83. The lowest BCUT2D eigenvalue weighted by molar-refractivity contribution is -0.119. The van der Waals surface area contributed by atoms with Crippen LogP contribution >= 0.6 is 0 Å². The highest BCUT2D eigenvalue weighted by molar-refractivity contribution is 5.92. The molecule has 0 bridgehead atoms. The summed E-state index contributed by atoms with van der Waals surface area (Å²) >= 11 is 0. The van der Waals surface area contributed by atoms with E-state index >= 15 is 0 Å². The van der Waals surface area contributed by atoms with Crippen molar-refractivity contribution in [3.8, 4) is 0 Å². The first-order chi connectivity index (χ1) is 13.6. The van der Waals surface area contributed by atoms with E-state index in [1.54, 1.807) is 12.1 Å². The van der Waals surface area contributed by atoms with Crippen molar-refractivity contribution in [1.29, 1.82) is 0 Å². The van der Waals surface area contributed by atoms with Crippen molar-refractivity contribution >= 4 is 11.6 Å². The van der Waals surface area contributed by atoms with Gasteiger partial charge in [-0.15, -0.1) is 0 Å². The molecule has 3 aliphatic rings. The first-order valence-electron chi connectivity index (χ1n) is 10.7. The average molecular weight is 390 g/mol. The van der Waals surface area contributed by atoms with Crippen LogP contribution in [-0.2, 0) is 9.53 Å². The Morgan fingerprint density at radius 1 is 1.21 bits per heavy atom. The van der Waals surface area contributed by atoms with Gasteiger partial charge in [-0.2, -0.15) is 0 Å². The number of hydrogen-bond donors (Lipinski definition) is 1. The number of carbonyl (C=O) groups excluding carboxylic acids is 1. The first-order valence-corrected chi connectivity index (χ1v) is 10.7. The maximum absolute atomic E-state index is 13.0. The van der Waals surface area contributed by atoms with Crippen molar-refractivity contribution in [3.63, 3.8) is 0 Å². The Morgan fingerprint density at radius 2 is 1.96 bits per heavy atom. The lowest BCUT2D eigenvalue weighted by Crippen LogP contribution is -2.43. The fourth-order valence-electron chi connectivity index (χ4n) is 5.16. The lowest BCUT2D eigenvalue weighted by Gasteiger charge is -2.37. The molecule has 1 aromatic rings. The summed E-state index contributed by atoms with van der Waals surface area (Å²) in [6.45, 7) is 6.16. The van der Waals surface area contributed by atoms with Gasteiger partial charge in [0.25, 0.3) is 0 Å². The second kappa shape index (κ2) is 8.89.